The quantitative estimate of drug-likeness (QED) is 0.272. The Labute approximate surface area is 204 Å². The molecule has 4 rings (SSSR count). The van der Waals surface area contributed by atoms with E-state index in [1.807, 2.05) is 18.4 Å². The number of rotatable bonds is 7. The van der Waals surface area contributed by atoms with Crippen LogP contribution < -0.4 is 10.0 Å². The van der Waals surface area contributed by atoms with Gasteiger partial charge in [0.1, 0.15) is 5.76 Å². The molecule has 2 fully saturated rings. The van der Waals surface area contributed by atoms with Gasteiger partial charge < -0.3 is 20.6 Å². The van der Waals surface area contributed by atoms with Crippen molar-refractivity contribution in [2.24, 2.45) is 10.9 Å². The Bertz CT molecular complexity index is 1180. The summed E-state index contributed by atoms with van der Waals surface area (Å²) < 4.78 is 6.30. The Morgan fingerprint density at radius 1 is 1.34 bits per heavy atom. The number of ether oxygens (including phenoxy) is 1. The molecule has 1 amide bonds. The summed E-state index contributed by atoms with van der Waals surface area (Å²) in [6.45, 7) is 0. The number of aromatic nitrogens is 1. The van der Waals surface area contributed by atoms with E-state index in [1.165, 1.54) is 13.2 Å². The van der Waals surface area contributed by atoms with E-state index in [2.05, 4.69) is 10.3 Å². The lowest BCUT2D eigenvalue weighted by molar-refractivity contribution is -0.910. The Balaban J connectivity index is 1.46. The van der Waals surface area contributed by atoms with Crippen LogP contribution in [0.15, 0.2) is 58.6 Å². The summed E-state index contributed by atoms with van der Waals surface area (Å²) >= 11 is 0. The van der Waals surface area contributed by atoms with Gasteiger partial charge >= 0.3 is 11.6 Å². The van der Waals surface area contributed by atoms with Crippen molar-refractivity contribution in [2.75, 3.05) is 7.11 Å². The molecule has 0 radical (unpaired) electrons. The summed E-state index contributed by atoms with van der Waals surface area (Å²) in [6.07, 6.45) is 11.2. The first-order chi connectivity index (χ1) is 16.8. The zero-order valence-electron chi connectivity index (χ0n) is 19.7. The van der Waals surface area contributed by atoms with Crippen LogP contribution in [0.5, 0.6) is 0 Å². The Morgan fingerprint density at radius 2 is 2.09 bits per heavy atom. The fourth-order valence-corrected chi connectivity index (χ4v) is 4.43. The van der Waals surface area contributed by atoms with Crippen LogP contribution in [-0.4, -0.2) is 40.9 Å². The van der Waals surface area contributed by atoms with Gasteiger partial charge in [-0.2, -0.15) is 5.26 Å². The van der Waals surface area contributed by atoms with Crippen LogP contribution in [-0.2, 0) is 4.74 Å². The van der Waals surface area contributed by atoms with E-state index in [0.717, 1.165) is 30.4 Å². The molecule has 0 aliphatic heterocycles. The lowest BCUT2D eigenvalue weighted by atomic mass is 9.78. The summed E-state index contributed by atoms with van der Waals surface area (Å²) in [7, 11) is 1.46. The van der Waals surface area contributed by atoms with Crippen LogP contribution in [0.1, 0.15) is 67.0 Å². The molecular weight excluding hydrogens is 446 g/mol. The third kappa shape index (κ3) is 5.66. The molecule has 0 spiro atoms. The van der Waals surface area contributed by atoms with Gasteiger partial charge in [-0.1, -0.05) is 0 Å². The van der Waals surface area contributed by atoms with Gasteiger partial charge in [0.15, 0.2) is 0 Å². The number of hydrogen-bond donors (Lipinski definition) is 4. The van der Waals surface area contributed by atoms with Crippen LogP contribution >= 0.6 is 0 Å². The minimum atomic E-state index is -0.898. The predicted octanol–water partition coefficient (Wildman–Crippen LogP) is 3.06. The van der Waals surface area contributed by atoms with Gasteiger partial charge in [-0.3, -0.25) is 15.0 Å². The number of carbonyl (C=O) groups excluding carboxylic acids is 1. The molecule has 1 aromatic rings. The van der Waals surface area contributed by atoms with E-state index in [-0.39, 0.29) is 29.7 Å². The lowest BCUT2D eigenvalue weighted by Crippen LogP contribution is -2.45. The van der Waals surface area contributed by atoms with Crippen molar-refractivity contribution >= 4 is 17.8 Å². The normalized spacial score (nSPS) is 25.7. The van der Waals surface area contributed by atoms with Crippen molar-refractivity contribution in [2.45, 2.75) is 56.5 Å². The standard InChI is InChI=1S/C26H29N5O4/c1-35-24-14-20(28)19(16-29-15-17-7-9-26(33,10-8-17)11-12-27)13-21(24)30-25(32)23-4-2-3-22(31(23)34)18-5-6-18/h2-4,13-18,28,33H,5-11H2,1H3,(H-,30,32,34)/p+1. The molecule has 3 aliphatic rings. The number of nitriles is 1. The van der Waals surface area contributed by atoms with E-state index >= 15 is 0 Å². The number of nitrogens with zero attached hydrogens (tertiary/aromatic N) is 3. The van der Waals surface area contributed by atoms with Crippen molar-refractivity contribution in [1.82, 2.24) is 5.32 Å². The van der Waals surface area contributed by atoms with Crippen molar-refractivity contribution < 1.29 is 24.6 Å². The van der Waals surface area contributed by atoms with Gasteiger partial charge in [-0.15, -0.1) is 0 Å². The smallest absolute Gasteiger partial charge is 0.325 e. The highest BCUT2D eigenvalue weighted by atomic mass is 16.5. The summed E-state index contributed by atoms with van der Waals surface area (Å²) in [5, 5.41) is 40.8. The molecule has 0 aromatic carbocycles. The number of aliphatic imine (C=N–C) groups is 1. The molecule has 4 N–H and O–H groups in total. The molecule has 3 aliphatic carbocycles. The second kappa shape index (κ2) is 10.2. The minimum Gasteiger partial charge on any atom is -0.494 e. The average molecular weight is 477 g/mol. The first-order valence-corrected chi connectivity index (χ1v) is 11.8. The number of amides is 1. The highest BCUT2D eigenvalue weighted by Gasteiger charge is 2.36. The molecule has 1 aromatic heterocycles. The van der Waals surface area contributed by atoms with Gasteiger partial charge in [-0.25, -0.2) is 0 Å². The van der Waals surface area contributed by atoms with Gasteiger partial charge in [0.2, 0.25) is 5.69 Å². The molecule has 35 heavy (non-hydrogen) atoms. The van der Waals surface area contributed by atoms with E-state index in [9.17, 15) is 15.1 Å². The molecular formula is C26H30N5O4+. The van der Waals surface area contributed by atoms with Crippen LogP contribution in [0.25, 0.3) is 0 Å². The first kappa shape index (κ1) is 24.4. The molecule has 0 saturated heterocycles. The van der Waals surface area contributed by atoms with Gasteiger partial charge in [0, 0.05) is 46.8 Å². The zero-order valence-corrected chi connectivity index (χ0v) is 19.7. The third-order valence-electron chi connectivity index (χ3n) is 6.72. The topological polar surface area (TPSA) is 143 Å². The van der Waals surface area contributed by atoms with Crippen molar-refractivity contribution in [3.63, 3.8) is 0 Å². The largest absolute Gasteiger partial charge is 0.494 e. The van der Waals surface area contributed by atoms with Crippen LogP contribution in [0.2, 0.25) is 0 Å². The number of carbonyl (C=O) groups is 1. The molecule has 9 nitrogen and oxygen atoms in total. The van der Waals surface area contributed by atoms with Crippen molar-refractivity contribution in [1.29, 1.82) is 10.7 Å². The molecule has 1 heterocycles. The number of methoxy groups -OCH3 is 1. The molecule has 2 saturated carbocycles. The molecule has 0 bridgehead atoms. The number of pyridine rings is 1. The maximum atomic E-state index is 12.9. The number of nitrogens with one attached hydrogen (secondary N) is 2. The Morgan fingerprint density at radius 3 is 2.74 bits per heavy atom. The van der Waals surface area contributed by atoms with Gasteiger partial charge in [-0.05, 0) is 56.6 Å². The third-order valence-corrected chi connectivity index (χ3v) is 6.72. The molecule has 0 unspecified atom stereocenters. The van der Waals surface area contributed by atoms with Crippen molar-refractivity contribution in [3.05, 3.63) is 65.0 Å². The van der Waals surface area contributed by atoms with E-state index in [1.54, 1.807) is 24.4 Å². The predicted molar refractivity (Wildman–Crippen MR) is 128 cm³/mol. The molecule has 9 heteroatoms. The Hall–Kier alpha value is -3.77. The van der Waals surface area contributed by atoms with Crippen LogP contribution in [0.3, 0.4) is 0 Å². The first-order valence-electron chi connectivity index (χ1n) is 11.8. The van der Waals surface area contributed by atoms with Gasteiger partial charge in [0.25, 0.3) is 0 Å². The second-order valence-corrected chi connectivity index (χ2v) is 9.34. The fourth-order valence-electron chi connectivity index (χ4n) is 4.43. The number of aliphatic hydroxyl groups is 1. The minimum absolute atomic E-state index is 0.114. The van der Waals surface area contributed by atoms with Crippen LogP contribution in [0, 0.1) is 22.7 Å². The summed E-state index contributed by atoms with van der Waals surface area (Å²) in [5.41, 5.74) is 0.984. The molecule has 0 atom stereocenters. The number of allylic oxidation sites excluding steroid dienone is 3. The van der Waals surface area contributed by atoms with Crippen LogP contribution in [0.4, 0.5) is 0 Å². The number of hydrogen-bond acceptors (Lipinski definition) is 7. The monoisotopic (exact) mass is 476 g/mol. The van der Waals surface area contributed by atoms with E-state index < -0.39 is 11.5 Å². The van der Waals surface area contributed by atoms with E-state index in [4.69, 9.17) is 15.4 Å². The maximum absolute atomic E-state index is 12.9. The molecule has 182 valence electrons. The lowest BCUT2D eigenvalue weighted by Gasteiger charge is -2.32. The summed E-state index contributed by atoms with van der Waals surface area (Å²) in [5.74, 6) is 0.299. The maximum Gasteiger partial charge on any atom is 0.325 e. The van der Waals surface area contributed by atoms with Gasteiger partial charge in [0.05, 0.1) is 36.6 Å². The fraction of sp³-hybridized carbons (Fsp3) is 0.423. The second-order valence-electron chi connectivity index (χ2n) is 9.34. The van der Waals surface area contributed by atoms with Crippen molar-refractivity contribution in [3.8, 4) is 6.07 Å². The Kier molecular flexibility index (Phi) is 7.12. The zero-order chi connectivity index (χ0) is 25.0. The summed E-state index contributed by atoms with van der Waals surface area (Å²) in [4.78, 5) is 17.3. The average Bonchev–Trinajstić information content (AvgIpc) is 3.67. The van der Waals surface area contributed by atoms with E-state index in [0.29, 0.717) is 35.6 Å². The highest BCUT2D eigenvalue weighted by molar-refractivity contribution is 6.10. The SMILES string of the molecule is COC1=CC(=N)/C(=C\N=CC2CCC(O)(CC#N)CC2)C=C1NC(=O)c1cccc(C2CC2)[n+]1O. The summed E-state index contributed by atoms with van der Waals surface area (Å²) in [6, 6.07) is 7.16. The highest BCUT2D eigenvalue weighted by Crippen LogP contribution is 2.38.